The summed E-state index contributed by atoms with van der Waals surface area (Å²) in [4.78, 5) is 40.8. The van der Waals surface area contributed by atoms with Crippen molar-refractivity contribution in [1.29, 1.82) is 0 Å². The molecule has 1 aromatic carbocycles. The zero-order valence-corrected chi connectivity index (χ0v) is 16.9. The summed E-state index contributed by atoms with van der Waals surface area (Å²) in [6.45, 7) is 8.62. The maximum absolute atomic E-state index is 12.6. The van der Waals surface area contributed by atoms with Crippen LogP contribution in [0.5, 0.6) is 0 Å². The van der Waals surface area contributed by atoms with E-state index in [1.807, 2.05) is 45.0 Å². The van der Waals surface area contributed by atoms with Crippen molar-refractivity contribution in [2.75, 3.05) is 24.5 Å². The van der Waals surface area contributed by atoms with Crippen LogP contribution in [0.4, 0.5) is 5.69 Å². The van der Waals surface area contributed by atoms with Gasteiger partial charge in [-0.3, -0.25) is 14.4 Å². The third kappa shape index (κ3) is 4.52. The van der Waals surface area contributed by atoms with Gasteiger partial charge in [0, 0.05) is 31.7 Å². The number of carbonyl (C=O) groups excluding carboxylic acids is 3. The fourth-order valence-corrected chi connectivity index (χ4v) is 3.78. The zero-order valence-electron chi connectivity index (χ0n) is 16.9. The van der Waals surface area contributed by atoms with Crippen molar-refractivity contribution >= 4 is 23.5 Å². The topological polar surface area (TPSA) is 76.2 Å². The SMILES string of the molecule is Cc1ccc(N2C[C@H](C(=O)O[C@H](C)C(=O)N3C[C@@H](C)O[C@H](C)C3)CC2=O)cc1. The van der Waals surface area contributed by atoms with Crippen LogP contribution in [0.2, 0.25) is 0 Å². The molecule has 0 aliphatic carbocycles. The molecule has 0 radical (unpaired) electrons. The van der Waals surface area contributed by atoms with Gasteiger partial charge < -0.3 is 19.3 Å². The Hall–Kier alpha value is -2.41. The highest BCUT2D eigenvalue weighted by atomic mass is 16.5. The summed E-state index contributed by atoms with van der Waals surface area (Å²) < 4.78 is 11.1. The molecule has 152 valence electrons. The second-order valence-electron chi connectivity index (χ2n) is 7.82. The van der Waals surface area contributed by atoms with Crippen LogP contribution in [-0.2, 0) is 23.9 Å². The maximum atomic E-state index is 12.6. The van der Waals surface area contributed by atoms with Crippen LogP contribution in [-0.4, -0.2) is 60.6 Å². The minimum atomic E-state index is -0.881. The van der Waals surface area contributed by atoms with Crippen LogP contribution in [0, 0.1) is 12.8 Å². The summed E-state index contributed by atoms with van der Waals surface area (Å²) in [5.74, 6) is -1.40. The number of aryl methyl sites for hydroxylation is 1. The lowest BCUT2D eigenvalue weighted by molar-refractivity contribution is -0.166. The largest absolute Gasteiger partial charge is 0.452 e. The number of hydrogen-bond donors (Lipinski definition) is 0. The van der Waals surface area contributed by atoms with Gasteiger partial charge >= 0.3 is 5.97 Å². The lowest BCUT2D eigenvalue weighted by atomic mass is 10.1. The molecule has 3 rings (SSSR count). The molecule has 0 unspecified atom stereocenters. The van der Waals surface area contributed by atoms with Crippen molar-refractivity contribution in [3.8, 4) is 0 Å². The van der Waals surface area contributed by atoms with Crippen molar-refractivity contribution < 1.29 is 23.9 Å². The van der Waals surface area contributed by atoms with Crippen molar-refractivity contribution in [1.82, 2.24) is 4.90 Å². The van der Waals surface area contributed by atoms with Gasteiger partial charge in [-0.1, -0.05) is 17.7 Å². The molecule has 0 N–H and O–H groups in total. The molecule has 2 fully saturated rings. The first kappa shape index (κ1) is 20.3. The monoisotopic (exact) mass is 388 g/mol. The van der Waals surface area contributed by atoms with Crippen molar-refractivity contribution in [3.05, 3.63) is 29.8 Å². The number of rotatable bonds is 4. The molecular formula is C21H28N2O5. The van der Waals surface area contributed by atoms with E-state index >= 15 is 0 Å². The number of ether oxygens (including phenoxy) is 2. The smallest absolute Gasteiger partial charge is 0.312 e. The number of esters is 1. The van der Waals surface area contributed by atoms with Crippen LogP contribution in [0.3, 0.4) is 0 Å². The highest BCUT2D eigenvalue weighted by Crippen LogP contribution is 2.26. The van der Waals surface area contributed by atoms with Gasteiger partial charge in [0.2, 0.25) is 5.91 Å². The van der Waals surface area contributed by atoms with Crippen LogP contribution >= 0.6 is 0 Å². The third-order valence-electron chi connectivity index (χ3n) is 5.18. The minimum absolute atomic E-state index is 0.0499. The Kier molecular flexibility index (Phi) is 6.03. The molecule has 2 amide bonds. The van der Waals surface area contributed by atoms with E-state index in [0.29, 0.717) is 13.1 Å². The standard InChI is InChI=1S/C21H28N2O5/c1-13-5-7-18(8-6-13)23-12-17(9-19(23)24)21(26)28-16(4)20(25)22-10-14(2)27-15(3)11-22/h5-8,14-17H,9-12H2,1-4H3/t14-,15-,16-,17-/m1/s1. The van der Waals surface area contributed by atoms with Gasteiger partial charge in [-0.05, 0) is 39.8 Å². The lowest BCUT2D eigenvalue weighted by Crippen LogP contribution is -2.51. The summed E-state index contributed by atoms with van der Waals surface area (Å²) in [6.07, 6.45) is -0.884. The van der Waals surface area contributed by atoms with Crippen LogP contribution in [0.25, 0.3) is 0 Å². The summed E-state index contributed by atoms with van der Waals surface area (Å²) in [7, 11) is 0. The van der Waals surface area contributed by atoms with Gasteiger partial charge in [-0.2, -0.15) is 0 Å². The summed E-state index contributed by atoms with van der Waals surface area (Å²) in [5, 5.41) is 0. The molecule has 2 saturated heterocycles. The van der Waals surface area contributed by atoms with Crippen LogP contribution in [0.15, 0.2) is 24.3 Å². The van der Waals surface area contributed by atoms with Gasteiger partial charge in [0.15, 0.2) is 6.10 Å². The minimum Gasteiger partial charge on any atom is -0.452 e. The number of hydrogen-bond acceptors (Lipinski definition) is 5. The van der Waals surface area contributed by atoms with Gasteiger partial charge in [-0.15, -0.1) is 0 Å². The number of carbonyl (C=O) groups is 3. The first-order valence-corrected chi connectivity index (χ1v) is 9.76. The Morgan fingerprint density at radius 2 is 1.71 bits per heavy atom. The lowest BCUT2D eigenvalue weighted by Gasteiger charge is -2.36. The Bertz CT molecular complexity index is 738. The first-order chi connectivity index (χ1) is 13.2. The molecule has 0 saturated carbocycles. The third-order valence-corrected chi connectivity index (χ3v) is 5.18. The van der Waals surface area contributed by atoms with E-state index in [4.69, 9.17) is 9.47 Å². The molecule has 0 bridgehead atoms. The molecule has 0 aromatic heterocycles. The summed E-state index contributed by atoms with van der Waals surface area (Å²) in [5.41, 5.74) is 1.87. The van der Waals surface area contributed by atoms with Crippen molar-refractivity contribution in [2.45, 2.75) is 52.4 Å². The first-order valence-electron chi connectivity index (χ1n) is 9.76. The second-order valence-corrected chi connectivity index (χ2v) is 7.82. The van der Waals surface area contributed by atoms with E-state index in [1.54, 1.807) is 16.7 Å². The van der Waals surface area contributed by atoms with Gasteiger partial charge in [-0.25, -0.2) is 0 Å². The van der Waals surface area contributed by atoms with Crippen molar-refractivity contribution in [2.24, 2.45) is 5.92 Å². The summed E-state index contributed by atoms with van der Waals surface area (Å²) >= 11 is 0. The molecule has 2 heterocycles. The van der Waals surface area contributed by atoms with Gasteiger partial charge in [0.25, 0.3) is 5.91 Å². The quantitative estimate of drug-likeness (QED) is 0.737. The van der Waals surface area contributed by atoms with Gasteiger partial charge in [0.05, 0.1) is 18.1 Å². The molecular weight excluding hydrogens is 360 g/mol. The van der Waals surface area contributed by atoms with Gasteiger partial charge in [0.1, 0.15) is 0 Å². The predicted molar refractivity (Wildman–Crippen MR) is 104 cm³/mol. The Morgan fingerprint density at radius 1 is 1.11 bits per heavy atom. The molecule has 2 aliphatic rings. The number of amides is 2. The van der Waals surface area contributed by atoms with E-state index in [2.05, 4.69) is 0 Å². The molecule has 4 atom stereocenters. The normalized spacial score (nSPS) is 26.3. The highest BCUT2D eigenvalue weighted by Gasteiger charge is 2.38. The van der Waals surface area contributed by atoms with E-state index in [-0.39, 0.29) is 37.0 Å². The van der Waals surface area contributed by atoms with Crippen molar-refractivity contribution in [3.63, 3.8) is 0 Å². The molecule has 2 aliphatic heterocycles. The number of morpholine rings is 1. The number of nitrogens with zero attached hydrogens (tertiary/aromatic N) is 2. The average molecular weight is 388 g/mol. The Labute approximate surface area is 165 Å². The van der Waals surface area contributed by atoms with Crippen LogP contribution < -0.4 is 4.90 Å². The molecule has 7 heteroatoms. The van der Waals surface area contributed by atoms with E-state index in [1.165, 1.54) is 0 Å². The average Bonchev–Trinajstić information content (AvgIpc) is 3.02. The van der Waals surface area contributed by atoms with E-state index in [9.17, 15) is 14.4 Å². The zero-order chi connectivity index (χ0) is 20.4. The Balaban J connectivity index is 1.57. The number of benzene rings is 1. The molecule has 7 nitrogen and oxygen atoms in total. The number of anilines is 1. The highest BCUT2D eigenvalue weighted by molar-refractivity contribution is 5.99. The summed E-state index contributed by atoms with van der Waals surface area (Å²) in [6, 6.07) is 7.60. The van der Waals surface area contributed by atoms with E-state index in [0.717, 1.165) is 11.3 Å². The maximum Gasteiger partial charge on any atom is 0.312 e. The fourth-order valence-electron chi connectivity index (χ4n) is 3.78. The predicted octanol–water partition coefficient (Wildman–Crippen LogP) is 1.92. The molecule has 1 aromatic rings. The van der Waals surface area contributed by atoms with Crippen LogP contribution in [0.1, 0.15) is 32.8 Å². The second kappa shape index (κ2) is 8.31. The Morgan fingerprint density at radius 3 is 2.32 bits per heavy atom. The molecule has 28 heavy (non-hydrogen) atoms. The fraction of sp³-hybridized carbons (Fsp3) is 0.571. The molecule has 0 spiro atoms. The van der Waals surface area contributed by atoms with E-state index < -0.39 is 18.0 Å².